The van der Waals surface area contributed by atoms with Crippen LogP contribution in [0.15, 0.2) is 18.2 Å². The minimum Gasteiger partial charge on any atom is -0.371 e. The summed E-state index contributed by atoms with van der Waals surface area (Å²) in [5.74, 6) is 5.36. The molecule has 1 aromatic rings. The maximum Gasteiger partial charge on any atom is 0.273 e. The highest BCUT2D eigenvalue weighted by Gasteiger charge is 2.25. The van der Waals surface area contributed by atoms with Crippen LogP contribution in [-0.4, -0.2) is 18.0 Å². The topological polar surface area (TPSA) is 84.4 Å². The van der Waals surface area contributed by atoms with Gasteiger partial charge in [-0.15, -0.1) is 0 Å². The van der Waals surface area contributed by atoms with Crippen LogP contribution in [0.25, 0.3) is 0 Å². The van der Waals surface area contributed by atoms with Gasteiger partial charge < -0.3 is 10.3 Å². The van der Waals surface area contributed by atoms with Crippen LogP contribution < -0.4 is 16.2 Å². The van der Waals surface area contributed by atoms with Crippen LogP contribution in [-0.2, 0) is 0 Å². The molecular formula is C13H22N4O2. The van der Waals surface area contributed by atoms with E-state index >= 15 is 0 Å². The van der Waals surface area contributed by atoms with Crippen molar-refractivity contribution < 1.29 is 4.92 Å². The first-order chi connectivity index (χ1) is 8.66. The molecule has 0 spiro atoms. The van der Waals surface area contributed by atoms with Gasteiger partial charge in [-0.2, -0.15) is 0 Å². The van der Waals surface area contributed by atoms with E-state index in [2.05, 4.69) is 33.1 Å². The van der Waals surface area contributed by atoms with Crippen LogP contribution >= 0.6 is 0 Å². The fraction of sp³-hybridized carbons (Fsp3) is 0.538. The van der Waals surface area contributed by atoms with Crippen molar-refractivity contribution in [1.82, 2.24) is 0 Å². The zero-order valence-electron chi connectivity index (χ0n) is 12.1. The quantitative estimate of drug-likeness (QED) is 0.497. The molecule has 0 bridgehead atoms. The highest BCUT2D eigenvalue weighted by Crippen LogP contribution is 2.31. The third-order valence-corrected chi connectivity index (χ3v) is 3.52. The smallest absolute Gasteiger partial charge is 0.273 e. The predicted molar refractivity (Wildman–Crippen MR) is 78.2 cm³/mol. The highest BCUT2D eigenvalue weighted by atomic mass is 16.6. The number of anilines is 2. The fourth-order valence-electron chi connectivity index (χ4n) is 1.79. The Morgan fingerprint density at radius 2 is 1.95 bits per heavy atom. The number of non-ortho nitro benzene ring substituents is 1. The maximum absolute atomic E-state index is 10.9. The number of nitrogen functional groups attached to an aromatic ring is 1. The summed E-state index contributed by atoms with van der Waals surface area (Å²) in [6, 6.07) is 5.00. The summed E-state index contributed by atoms with van der Waals surface area (Å²) in [5, 5.41) is 10.9. The van der Waals surface area contributed by atoms with Crippen molar-refractivity contribution in [2.75, 3.05) is 17.4 Å². The molecule has 1 unspecified atom stereocenters. The largest absolute Gasteiger partial charge is 0.371 e. The standard InChI is InChI=1S/C13H22N4O2/c1-9(13(2,3)4)16(5)11-6-10(15-14)7-12(8-11)17(18)19/h6-9,15H,14H2,1-5H3. The molecule has 0 radical (unpaired) electrons. The van der Waals surface area contributed by atoms with Crippen LogP contribution in [0.3, 0.4) is 0 Å². The van der Waals surface area contributed by atoms with E-state index in [9.17, 15) is 10.1 Å². The number of nitro benzene ring substituents is 1. The summed E-state index contributed by atoms with van der Waals surface area (Å²) in [4.78, 5) is 12.5. The van der Waals surface area contributed by atoms with E-state index in [-0.39, 0.29) is 17.1 Å². The zero-order chi connectivity index (χ0) is 14.8. The summed E-state index contributed by atoms with van der Waals surface area (Å²) >= 11 is 0. The molecule has 1 aromatic carbocycles. The number of nitrogens with zero attached hydrogens (tertiary/aromatic N) is 2. The van der Waals surface area contributed by atoms with Crippen LogP contribution in [0.2, 0.25) is 0 Å². The SMILES string of the molecule is CC(N(C)c1cc(NN)cc([N+](=O)[O-])c1)C(C)(C)C. The number of nitrogens with one attached hydrogen (secondary N) is 1. The van der Waals surface area contributed by atoms with E-state index in [0.717, 1.165) is 5.69 Å². The Kier molecular flexibility index (Phi) is 4.36. The Labute approximate surface area is 113 Å². The van der Waals surface area contributed by atoms with Gasteiger partial charge in [-0.1, -0.05) is 20.8 Å². The lowest BCUT2D eigenvalue weighted by molar-refractivity contribution is -0.384. The van der Waals surface area contributed by atoms with Gasteiger partial charge in [0.2, 0.25) is 0 Å². The number of benzene rings is 1. The van der Waals surface area contributed by atoms with Gasteiger partial charge in [0.25, 0.3) is 5.69 Å². The molecule has 6 heteroatoms. The van der Waals surface area contributed by atoms with Gasteiger partial charge in [-0.25, -0.2) is 0 Å². The lowest BCUT2D eigenvalue weighted by Crippen LogP contribution is -2.39. The van der Waals surface area contributed by atoms with Crippen molar-refractivity contribution in [2.24, 2.45) is 11.3 Å². The van der Waals surface area contributed by atoms with Gasteiger partial charge >= 0.3 is 0 Å². The molecule has 19 heavy (non-hydrogen) atoms. The van der Waals surface area contributed by atoms with E-state index in [1.165, 1.54) is 6.07 Å². The molecule has 0 aliphatic rings. The summed E-state index contributed by atoms with van der Waals surface area (Å²) in [7, 11) is 1.93. The van der Waals surface area contributed by atoms with E-state index in [4.69, 9.17) is 5.84 Å². The molecule has 0 aliphatic carbocycles. The molecule has 6 nitrogen and oxygen atoms in total. The minimum atomic E-state index is -0.417. The second-order valence-corrected chi connectivity index (χ2v) is 5.79. The molecule has 0 heterocycles. The van der Waals surface area contributed by atoms with E-state index in [1.54, 1.807) is 12.1 Å². The van der Waals surface area contributed by atoms with Gasteiger partial charge in [0.05, 0.1) is 10.6 Å². The second-order valence-electron chi connectivity index (χ2n) is 5.79. The summed E-state index contributed by atoms with van der Waals surface area (Å²) in [6.07, 6.45) is 0. The zero-order valence-corrected chi connectivity index (χ0v) is 12.1. The number of nitro groups is 1. The summed E-state index contributed by atoms with van der Waals surface area (Å²) < 4.78 is 0. The highest BCUT2D eigenvalue weighted by molar-refractivity contribution is 5.64. The second kappa shape index (κ2) is 5.44. The molecule has 0 fully saturated rings. The number of hydrogen-bond acceptors (Lipinski definition) is 5. The Morgan fingerprint density at radius 3 is 2.37 bits per heavy atom. The van der Waals surface area contributed by atoms with Crippen LogP contribution in [0.1, 0.15) is 27.7 Å². The minimum absolute atomic E-state index is 0.0263. The van der Waals surface area contributed by atoms with Crippen LogP contribution in [0, 0.1) is 15.5 Å². The van der Waals surface area contributed by atoms with Crippen LogP contribution in [0.4, 0.5) is 17.1 Å². The molecule has 1 atom stereocenters. The van der Waals surface area contributed by atoms with Gasteiger partial charge in [-0.3, -0.25) is 16.0 Å². The number of hydrazine groups is 1. The molecule has 0 amide bonds. The monoisotopic (exact) mass is 266 g/mol. The average molecular weight is 266 g/mol. The van der Waals surface area contributed by atoms with E-state index < -0.39 is 4.92 Å². The Morgan fingerprint density at radius 1 is 1.37 bits per heavy atom. The molecule has 0 saturated heterocycles. The molecule has 106 valence electrons. The van der Waals surface area contributed by atoms with E-state index in [0.29, 0.717) is 5.69 Å². The number of hydrogen-bond donors (Lipinski definition) is 2. The van der Waals surface area contributed by atoms with Gasteiger partial charge in [-0.05, 0) is 18.4 Å². The van der Waals surface area contributed by atoms with Crippen LogP contribution in [0.5, 0.6) is 0 Å². The average Bonchev–Trinajstić information content (AvgIpc) is 2.35. The molecular weight excluding hydrogens is 244 g/mol. The first kappa shape index (κ1) is 15.2. The first-order valence-electron chi connectivity index (χ1n) is 6.15. The molecule has 0 aromatic heterocycles. The predicted octanol–water partition coefficient (Wildman–Crippen LogP) is 2.75. The van der Waals surface area contributed by atoms with Crippen molar-refractivity contribution in [3.63, 3.8) is 0 Å². The maximum atomic E-state index is 10.9. The van der Waals surface area contributed by atoms with Gasteiger partial charge in [0.15, 0.2) is 0 Å². The summed E-state index contributed by atoms with van der Waals surface area (Å²) in [6.45, 7) is 8.49. The van der Waals surface area contributed by atoms with Gasteiger partial charge in [0.1, 0.15) is 0 Å². The molecule has 0 aliphatic heterocycles. The lowest BCUT2D eigenvalue weighted by atomic mass is 9.87. The third kappa shape index (κ3) is 3.57. The summed E-state index contributed by atoms with van der Waals surface area (Å²) in [5.41, 5.74) is 3.85. The Hall–Kier alpha value is -1.82. The van der Waals surface area contributed by atoms with Crippen molar-refractivity contribution in [2.45, 2.75) is 33.7 Å². The third-order valence-electron chi connectivity index (χ3n) is 3.52. The van der Waals surface area contributed by atoms with Crippen molar-refractivity contribution in [3.8, 4) is 0 Å². The number of nitrogens with two attached hydrogens (primary N) is 1. The Bertz CT molecular complexity index is 468. The Balaban J connectivity index is 3.19. The van der Waals surface area contributed by atoms with E-state index in [1.807, 2.05) is 11.9 Å². The molecule has 3 N–H and O–H groups in total. The van der Waals surface area contributed by atoms with Crippen molar-refractivity contribution >= 4 is 17.1 Å². The molecule has 1 rings (SSSR count). The first-order valence-corrected chi connectivity index (χ1v) is 6.15. The normalized spacial score (nSPS) is 12.9. The lowest BCUT2D eigenvalue weighted by Gasteiger charge is -2.37. The fourth-order valence-corrected chi connectivity index (χ4v) is 1.79. The van der Waals surface area contributed by atoms with Gasteiger partial charge in [0, 0.05) is 30.9 Å². The van der Waals surface area contributed by atoms with Crippen molar-refractivity contribution in [3.05, 3.63) is 28.3 Å². The number of rotatable bonds is 4. The van der Waals surface area contributed by atoms with Crippen molar-refractivity contribution in [1.29, 1.82) is 0 Å². The molecule has 0 saturated carbocycles.